The molecule has 0 heterocycles. The van der Waals surface area contributed by atoms with E-state index in [9.17, 15) is 9.59 Å². The van der Waals surface area contributed by atoms with E-state index in [-0.39, 0.29) is 29.3 Å². The van der Waals surface area contributed by atoms with Gasteiger partial charge < -0.3 is 4.74 Å². The molecule has 0 unspecified atom stereocenters. The Labute approximate surface area is 96.5 Å². The Hall–Kier alpha value is -0.860. The van der Waals surface area contributed by atoms with E-state index in [0.717, 1.165) is 19.3 Å². The second kappa shape index (κ2) is 3.86. The third kappa shape index (κ3) is 1.87. The van der Waals surface area contributed by atoms with Gasteiger partial charge in [0.2, 0.25) is 0 Å². The van der Waals surface area contributed by atoms with E-state index in [2.05, 4.69) is 13.8 Å². The third-order valence-electron chi connectivity index (χ3n) is 4.10. The van der Waals surface area contributed by atoms with Crippen LogP contribution >= 0.6 is 0 Å². The molecule has 0 radical (unpaired) electrons. The van der Waals surface area contributed by atoms with Crippen molar-refractivity contribution in [1.82, 2.24) is 0 Å². The molecule has 0 aromatic rings. The molecule has 0 spiro atoms. The molecule has 3 nitrogen and oxygen atoms in total. The summed E-state index contributed by atoms with van der Waals surface area (Å²) in [6.45, 7) is 5.70. The first kappa shape index (κ1) is 11.6. The maximum absolute atomic E-state index is 11.9. The summed E-state index contributed by atoms with van der Waals surface area (Å²) in [4.78, 5) is 23.0. The van der Waals surface area contributed by atoms with Crippen LogP contribution in [0.4, 0.5) is 0 Å². The highest BCUT2D eigenvalue weighted by Gasteiger charge is 2.53. The SMILES string of the molecule is CC(=O)O[C@H]1CCC[C@@H]2C(=O)CC(C)(C)[C@H]12. The van der Waals surface area contributed by atoms with Gasteiger partial charge in [-0.3, -0.25) is 9.59 Å². The Kier molecular flexibility index (Phi) is 2.81. The van der Waals surface area contributed by atoms with Gasteiger partial charge in [0.15, 0.2) is 0 Å². The summed E-state index contributed by atoms with van der Waals surface area (Å²) < 4.78 is 5.40. The van der Waals surface area contributed by atoms with Gasteiger partial charge in [-0.05, 0) is 24.7 Å². The van der Waals surface area contributed by atoms with Crippen molar-refractivity contribution in [2.45, 2.75) is 52.6 Å². The smallest absolute Gasteiger partial charge is 0.302 e. The van der Waals surface area contributed by atoms with Crippen molar-refractivity contribution >= 4 is 11.8 Å². The van der Waals surface area contributed by atoms with Gasteiger partial charge in [0, 0.05) is 25.2 Å². The highest BCUT2D eigenvalue weighted by molar-refractivity contribution is 5.85. The van der Waals surface area contributed by atoms with Crippen LogP contribution in [0.1, 0.15) is 46.5 Å². The molecule has 3 heteroatoms. The second-order valence-corrected chi connectivity index (χ2v) is 5.84. The molecule has 2 aliphatic carbocycles. The third-order valence-corrected chi connectivity index (χ3v) is 4.10. The summed E-state index contributed by atoms with van der Waals surface area (Å²) in [5, 5.41) is 0. The molecule has 16 heavy (non-hydrogen) atoms. The topological polar surface area (TPSA) is 43.4 Å². The summed E-state index contributed by atoms with van der Waals surface area (Å²) in [5.41, 5.74) is -0.0116. The molecule has 0 aliphatic heterocycles. The molecular formula is C13H20O3. The van der Waals surface area contributed by atoms with Gasteiger partial charge in [-0.25, -0.2) is 0 Å². The van der Waals surface area contributed by atoms with Crippen LogP contribution in [0.25, 0.3) is 0 Å². The van der Waals surface area contributed by atoms with Crippen LogP contribution in [0.5, 0.6) is 0 Å². The number of hydrogen-bond donors (Lipinski definition) is 0. The zero-order valence-corrected chi connectivity index (χ0v) is 10.3. The minimum absolute atomic E-state index is 0.0116. The molecule has 2 fully saturated rings. The normalized spacial score (nSPS) is 36.9. The predicted octanol–water partition coefficient (Wildman–Crippen LogP) is 2.33. The van der Waals surface area contributed by atoms with E-state index in [0.29, 0.717) is 12.2 Å². The minimum Gasteiger partial charge on any atom is -0.462 e. The van der Waals surface area contributed by atoms with E-state index >= 15 is 0 Å². The van der Waals surface area contributed by atoms with Crippen molar-refractivity contribution < 1.29 is 14.3 Å². The molecular weight excluding hydrogens is 204 g/mol. The second-order valence-electron chi connectivity index (χ2n) is 5.84. The first-order valence-corrected chi connectivity index (χ1v) is 6.12. The fraction of sp³-hybridized carbons (Fsp3) is 0.846. The Bertz CT molecular complexity index is 319. The molecule has 90 valence electrons. The molecule has 3 atom stereocenters. The monoisotopic (exact) mass is 224 g/mol. The summed E-state index contributed by atoms with van der Waals surface area (Å²) in [6.07, 6.45) is 3.49. The summed E-state index contributed by atoms with van der Waals surface area (Å²) in [5.74, 6) is 0.512. The van der Waals surface area contributed by atoms with Crippen molar-refractivity contribution in [3.8, 4) is 0 Å². The number of ether oxygens (including phenoxy) is 1. The Morgan fingerprint density at radius 3 is 2.69 bits per heavy atom. The van der Waals surface area contributed by atoms with Gasteiger partial charge in [-0.15, -0.1) is 0 Å². The van der Waals surface area contributed by atoms with Crippen LogP contribution < -0.4 is 0 Å². The van der Waals surface area contributed by atoms with Crippen molar-refractivity contribution in [1.29, 1.82) is 0 Å². The lowest BCUT2D eigenvalue weighted by atomic mass is 9.70. The number of carbonyl (C=O) groups is 2. The fourth-order valence-corrected chi connectivity index (χ4v) is 3.61. The van der Waals surface area contributed by atoms with Crippen molar-refractivity contribution in [3.05, 3.63) is 0 Å². The van der Waals surface area contributed by atoms with Crippen LogP contribution in [-0.2, 0) is 14.3 Å². The number of hydrogen-bond acceptors (Lipinski definition) is 3. The molecule has 0 aromatic carbocycles. The van der Waals surface area contributed by atoms with E-state index in [1.807, 2.05) is 0 Å². The number of fused-ring (bicyclic) bond motifs is 1. The lowest BCUT2D eigenvalue weighted by Gasteiger charge is -2.39. The zero-order valence-electron chi connectivity index (χ0n) is 10.3. The number of Topliss-reactive ketones (excluding diaryl/α,β-unsaturated/α-hetero) is 1. The fourth-order valence-electron chi connectivity index (χ4n) is 3.61. The van der Waals surface area contributed by atoms with E-state index in [1.165, 1.54) is 6.92 Å². The maximum atomic E-state index is 11.9. The van der Waals surface area contributed by atoms with Crippen LogP contribution in [-0.4, -0.2) is 17.9 Å². The minimum atomic E-state index is -0.221. The van der Waals surface area contributed by atoms with Crippen LogP contribution in [0.2, 0.25) is 0 Å². The van der Waals surface area contributed by atoms with Gasteiger partial charge in [0.25, 0.3) is 0 Å². The van der Waals surface area contributed by atoms with Crippen molar-refractivity contribution in [2.75, 3.05) is 0 Å². The summed E-state index contributed by atoms with van der Waals surface area (Å²) in [6, 6.07) is 0. The number of carbonyl (C=O) groups excluding carboxylic acids is 2. The van der Waals surface area contributed by atoms with E-state index in [1.54, 1.807) is 0 Å². The van der Waals surface area contributed by atoms with Crippen LogP contribution in [0, 0.1) is 17.3 Å². The molecule has 2 saturated carbocycles. The number of esters is 1. The molecule has 0 amide bonds. The maximum Gasteiger partial charge on any atom is 0.302 e. The van der Waals surface area contributed by atoms with Crippen LogP contribution in [0.3, 0.4) is 0 Å². The Morgan fingerprint density at radius 1 is 1.38 bits per heavy atom. The van der Waals surface area contributed by atoms with E-state index < -0.39 is 0 Å². The molecule has 0 saturated heterocycles. The van der Waals surface area contributed by atoms with Gasteiger partial charge in [0.05, 0.1) is 0 Å². The largest absolute Gasteiger partial charge is 0.462 e. The molecule has 2 aliphatic rings. The van der Waals surface area contributed by atoms with Crippen molar-refractivity contribution in [3.63, 3.8) is 0 Å². The lowest BCUT2D eigenvalue weighted by Crippen LogP contribution is -2.40. The first-order chi connectivity index (χ1) is 7.42. The predicted molar refractivity (Wildman–Crippen MR) is 59.8 cm³/mol. The average Bonchev–Trinajstić information content (AvgIpc) is 2.37. The standard InChI is InChI=1S/C13H20O3/c1-8(14)16-11-6-4-5-9-10(15)7-13(2,3)12(9)11/h9,11-12H,4-7H2,1-3H3/t9-,11+,12+/m1/s1. The lowest BCUT2D eigenvalue weighted by molar-refractivity contribution is -0.155. The summed E-state index contributed by atoms with van der Waals surface area (Å²) >= 11 is 0. The van der Waals surface area contributed by atoms with Gasteiger partial charge >= 0.3 is 5.97 Å². The highest BCUT2D eigenvalue weighted by Crippen LogP contribution is 2.51. The van der Waals surface area contributed by atoms with Gasteiger partial charge in [-0.1, -0.05) is 13.8 Å². The quantitative estimate of drug-likeness (QED) is 0.642. The number of rotatable bonds is 1. The zero-order chi connectivity index (χ0) is 11.9. The van der Waals surface area contributed by atoms with Gasteiger partial charge in [0.1, 0.15) is 11.9 Å². The number of ketones is 1. The molecule has 0 N–H and O–H groups in total. The van der Waals surface area contributed by atoms with Crippen molar-refractivity contribution in [2.24, 2.45) is 17.3 Å². The molecule has 2 rings (SSSR count). The van der Waals surface area contributed by atoms with Gasteiger partial charge in [-0.2, -0.15) is 0 Å². The summed E-state index contributed by atoms with van der Waals surface area (Å²) in [7, 11) is 0. The first-order valence-electron chi connectivity index (χ1n) is 6.12. The molecule has 0 bridgehead atoms. The van der Waals surface area contributed by atoms with E-state index in [4.69, 9.17) is 4.74 Å². The average molecular weight is 224 g/mol. The Balaban J connectivity index is 2.22. The highest BCUT2D eigenvalue weighted by atomic mass is 16.5. The van der Waals surface area contributed by atoms with Crippen LogP contribution in [0.15, 0.2) is 0 Å². The Morgan fingerprint density at radius 2 is 2.06 bits per heavy atom. The molecule has 0 aromatic heterocycles.